The van der Waals surface area contributed by atoms with Crippen molar-refractivity contribution in [3.05, 3.63) is 62.2 Å². The Balaban J connectivity index is 1.91. The fourth-order valence-corrected chi connectivity index (χ4v) is 2.96. The number of amides is 2. The number of rotatable bonds is 3. The first-order chi connectivity index (χ1) is 11.0. The van der Waals surface area contributed by atoms with E-state index in [0.29, 0.717) is 10.7 Å². The third-order valence-corrected chi connectivity index (χ3v) is 4.03. The standard InChI is InChI=1S/C14H7ClN2O5S/c15-8-2-1-3-9(6-8)16-13(18)11(23-14(16)19)7-10-4-5-12(22-10)17(20)21/h1-7H/b11-7+. The van der Waals surface area contributed by atoms with E-state index in [-0.39, 0.29) is 10.7 Å². The summed E-state index contributed by atoms with van der Waals surface area (Å²) in [5, 5.41) is 10.5. The number of carbonyl (C=O) groups excluding carboxylic acids is 2. The molecular formula is C14H7ClN2O5S. The van der Waals surface area contributed by atoms with E-state index in [1.165, 1.54) is 24.3 Å². The molecule has 7 nitrogen and oxygen atoms in total. The van der Waals surface area contributed by atoms with Crippen molar-refractivity contribution in [2.75, 3.05) is 4.90 Å². The van der Waals surface area contributed by atoms with Crippen LogP contribution in [0.2, 0.25) is 5.02 Å². The highest BCUT2D eigenvalue weighted by molar-refractivity contribution is 8.19. The SMILES string of the molecule is O=C1S/C(=C/c2ccc([N+](=O)[O-])o2)C(=O)N1c1cccc(Cl)c1. The lowest BCUT2D eigenvalue weighted by atomic mass is 10.3. The number of nitro groups is 1. The molecule has 1 aliphatic rings. The predicted octanol–water partition coefficient (Wildman–Crippen LogP) is 4.08. The molecule has 0 saturated carbocycles. The largest absolute Gasteiger partial charge is 0.433 e. The maximum Gasteiger partial charge on any atom is 0.433 e. The Morgan fingerprint density at radius 2 is 2.04 bits per heavy atom. The van der Waals surface area contributed by atoms with E-state index >= 15 is 0 Å². The van der Waals surface area contributed by atoms with Crippen LogP contribution in [0.15, 0.2) is 45.7 Å². The Labute approximate surface area is 138 Å². The van der Waals surface area contributed by atoms with Gasteiger partial charge in [0.05, 0.1) is 16.7 Å². The van der Waals surface area contributed by atoms with Gasteiger partial charge in [0, 0.05) is 11.1 Å². The van der Waals surface area contributed by atoms with Gasteiger partial charge >= 0.3 is 5.88 Å². The summed E-state index contributed by atoms with van der Waals surface area (Å²) >= 11 is 6.59. The van der Waals surface area contributed by atoms with Crippen molar-refractivity contribution in [1.29, 1.82) is 0 Å². The van der Waals surface area contributed by atoms with Crippen LogP contribution in [0.4, 0.5) is 16.4 Å². The Hall–Kier alpha value is -2.58. The first kappa shape index (κ1) is 15.3. The molecule has 0 atom stereocenters. The summed E-state index contributed by atoms with van der Waals surface area (Å²) in [5.41, 5.74) is 0.355. The normalized spacial score (nSPS) is 16.4. The van der Waals surface area contributed by atoms with Crippen molar-refractivity contribution < 1.29 is 18.9 Å². The van der Waals surface area contributed by atoms with Crippen molar-refractivity contribution in [3.8, 4) is 0 Å². The van der Waals surface area contributed by atoms with Crippen LogP contribution >= 0.6 is 23.4 Å². The number of nitrogens with zero attached hydrogens (tertiary/aromatic N) is 2. The first-order valence-corrected chi connectivity index (χ1v) is 7.43. The highest BCUT2D eigenvalue weighted by Gasteiger charge is 2.36. The van der Waals surface area contributed by atoms with Gasteiger partial charge in [0.25, 0.3) is 11.1 Å². The quantitative estimate of drug-likeness (QED) is 0.470. The Kier molecular flexibility index (Phi) is 3.93. The van der Waals surface area contributed by atoms with Gasteiger partial charge in [-0.15, -0.1) is 0 Å². The molecule has 1 aliphatic heterocycles. The second-order valence-corrected chi connectivity index (χ2v) is 5.86. The molecule has 1 aromatic carbocycles. The molecule has 2 heterocycles. The second-order valence-electron chi connectivity index (χ2n) is 4.43. The van der Waals surface area contributed by atoms with E-state index in [1.54, 1.807) is 18.2 Å². The number of imide groups is 1. The molecule has 9 heteroatoms. The topological polar surface area (TPSA) is 93.7 Å². The zero-order valence-electron chi connectivity index (χ0n) is 11.3. The van der Waals surface area contributed by atoms with E-state index in [0.717, 1.165) is 16.7 Å². The van der Waals surface area contributed by atoms with Crippen LogP contribution in [0.5, 0.6) is 0 Å². The molecule has 116 valence electrons. The summed E-state index contributed by atoms with van der Waals surface area (Å²) in [5.74, 6) is -0.861. The van der Waals surface area contributed by atoms with Crippen LogP contribution < -0.4 is 4.90 Å². The van der Waals surface area contributed by atoms with E-state index < -0.39 is 22.0 Å². The fourth-order valence-electron chi connectivity index (χ4n) is 1.95. The van der Waals surface area contributed by atoms with Gasteiger partial charge < -0.3 is 4.42 Å². The summed E-state index contributed by atoms with van der Waals surface area (Å²) in [6.07, 6.45) is 1.29. The van der Waals surface area contributed by atoms with Crippen molar-refractivity contribution in [2.24, 2.45) is 0 Å². The van der Waals surface area contributed by atoms with E-state index in [2.05, 4.69) is 0 Å². The molecule has 1 saturated heterocycles. The van der Waals surface area contributed by atoms with Crippen molar-refractivity contribution >= 4 is 52.2 Å². The number of thioether (sulfide) groups is 1. The highest BCUT2D eigenvalue weighted by Crippen LogP contribution is 2.36. The lowest BCUT2D eigenvalue weighted by Gasteiger charge is -2.12. The van der Waals surface area contributed by atoms with Crippen LogP contribution in [0.1, 0.15) is 5.76 Å². The maximum atomic E-state index is 12.4. The number of benzene rings is 1. The Bertz CT molecular complexity index is 860. The van der Waals surface area contributed by atoms with Crippen LogP contribution in [0, 0.1) is 10.1 Å². The smallest absolute Gasteiger partial charge is 0.401 e. The molecule has 0 N–H and O–H groups in total. The molecule has 1 fully saturated rings. The second kappa shape index (κ2) is 5.90. The Morgan fingerprint density at radius 1 is 1.26 bits per heavy atom. The molecular weight excluding hydrogens is 344 g/mol. The van der Waals surface area contributed by atoms with Gasteiger partial charge in [0.15, 0.2) is 0 Å². The number of hydrogen-bond donors (Lipinski definition) is 0. The third kappa shape index (κ3) is 2.99. The number of anilines is 1. The molecule has 0 unspecified atom stereocenters. The Morgan fingerprint density at radius 3 is 2.70 bits per heavy atom. The summed E-state index contributed by atoms with van der Waals surface area (Å²) in [4.78, 5) is 35.4. The van der Waals surface area contributed by atoms with Gasteiger partial charge in [-0.25, -0.2) is 4.90 Å². The predicted molar refractivity (Wildman–Crippen MR) is 85.3 cm³/mol. The first-order valence-electron chi connectivity index (χ1n) is 6.23. The molecule has 3 rings (SSSR count). The average Bonchev–Trinajstić information content (AvgIpc) is 3.05. The highest BCUT2D eigenvalue weighted by atomic mass is 35.5. The van der Waals surface area contributed by atoms with Gasteiger partial charge in [-0.1, -0.05) is 17.7 Å². The van der Waals surface area contributed by atoms with E-state index in [9.17, 15) is 19.7 Å². The summed E-state index contributed by atoms with van der Waals surface area (Å²) in [7, 11) is 0. The van der Waals surface area contributed by atoms with Gasteiger partial charge in [0.2, 0.25) is 0 Å². The third-order valence-electron chi connectivity index (χ3n) is 2.93. The van der Waals surface area contributed by atoms with Crippen molar-refractivity contribution in [3.63, 3.8) is 0 Å². The number of hydrogen-bond acceptors (Lipinski definition) is 6. The minimum atomic E-state index is -0.685. The monoisotopic (exact) mass is 350 g/mol. The summed E-state index contributed by atoms with van der Waals surface area (Å²) in [6.45, 7) is 0. The molecule has 23 heavy (non-hydrogen) atoms. The van der Waals surface area contributed by atoms with Crippen molar-refractivity contribution in [1.82, 2.24) is 0 Å². The van der Waals surface area contributed by atoms with Gasteiger partial charge in [-0.2, -0.15) is 0 Å². The lowest BCUT2D eigenvalue weighted by Crippen LogP contribution is -2.27. The zero-order valence-corrected chi connectivity index (χ0v) is 12.8. The van der Waals surface area contributed by atoms with Crippen LogP contribution in [-0.4, -0.2) is 16.1 Å². The number of furan rings is 1. The minimum absolute atomic E-state index is 0.110. The number of halogens is 1. The van der Waals surface area contributed by atoms with Gasteiger partial charge in [0.1, 0.15) is 10.7 Å². The average molecular weight is 351 g/mol. The fraction of sp³-hybridized carbons (Fsp3) is 0. The molecule has 0 bridgehead atoms. The molecule has 2 amide bonds. The minimum Gasteiger partial charge on any atom is -0.401 e. The zero-order chi connectivity index (χ0) is 16.6. The molecule has 2 aromatic rings. The van der Waals surface area contributed by atoms with Crippen LogP contribution in [0.3, 0.4) is 0 Å². The maximum absolute atomic E-state index is 12.4. The van der Waals surface area contributed by atoms with Crippen LogP contribution in [0.25, 0.3) is 6.08 Å². The molecule has 0 radical (unpaired) electrons. The molecule has 0 aliphatic carbocycles. The van der Waals surface area contributed by atoms with Gasteiger partial charge in [-0.3, -0.25) is 19.7 Å². The van der Waals surface area contributed by atoms with Crippen LogP contribution in [-0.2, 0) is 4.79 Å². The van der Waals surface area contributed by atoms with Gasteiger partial charge in [-0.05, 0) is 36.0 Å². The summed E-state index contributed by atoms with van der Waals surface area (Å²) in [6, 6.07) is 8.86. The van der Waals surface area contributed by atoms with Crippen molar-refractivity contribution in [2.45, 2.75) is 0 Å². The van der Waals surface area contributed by atoms with E-state index in [4.69, 9.17) is 16.0 Å². The van der Waals surface area contributed by atoms with E-state index in [1.807, 2.05) is 0 Å². The molecule has 1 aromatic heterocycles. The summed E-state index contributed by atoms with van der Waals surface area (Å²) < 4.78 is 4.96. The molecule has 0 spiro atoms. The number of carbonyl (C=O) groups is 2. The lowest BCUT2D eigenvalue weighted by molar-refractivity contribution is -0.402.